The Morgan fingerprint density at radius 3 is 2.50 bits per heavy atom. The van der Waals surface area contributed by atoms with Gasteiger partial charge >= 0.3 is 0 Å². The summed E-state index contributed by atoms with van der Waals surface area (Å²) in [5, 5.41) is 9.08. The van der Waals surface area contributed by atoms with Gasteiger partial charge in [0.25, 0.3) is 10.1 Å². The summed E-state index contributed by atoms with van der Waals surface area (Å²) in [5.41, 5.74) is 0. The lowest BCUT2D eigenvalue weighted by atomic mass is 10.2. The third kappa shape index (κ3) is 7.97. The van der Waals surface area contributed by atoms with Gasteiger partial charge in [-0.2, -0.15) is 8.42 Å². The molecule has 0 aliphatic rings. The third-order valence-electron chi connectivity index (χ3n) is 1.45. The molecule has 0 amide bonds. The van der Waals surface area contributed by atoms with Crippen LogP contribution in [0.25, 0.3) is 0 Å². The summed E-state index contributed by atoms with van der Waals surface area (Å²) in [7, 11) is -3.31. The van der Waals surface area contributed by atoms with Crippen LogP contribution in [-0.4, -0.2) is 32.5 Å². The maximum atomic E-state index is 10.5. The molecule has 1 atom stereocenters. The molecule has 5 heteroatoms. The standard InChI is InChI=1S/C7H16O4S/c1-3-7(8)5-4-6-11-12(2,9)10/h7-8H,3-6H2,1-2H3. The zero-order valence-electron chi connectivity index (χ0n) is 7.49. The normalized spacial score (nSPS) is 14.6. The van der Waals surface area contributed by atoms with Gasteiger partial charge in [0.1, 0.15) is 0 Å². The Balaban J connectivity index is 3.34. The van der Waals surface area contributed by atoms with Gasteiger partial charge in [-0.25, -0.2) is 0 Å². The van der Waals surface area contributed by atoms with Crippen LogP contribution in [0.2, 0.25) is 0 Å². The van der Waals surface area contributed by atoms with E-state index in [9.17, 15) is 8.42 Å². The van der Waals surface area contributed by atoms with Crippen molar-refractivity contribution in [1.29, 1.82) is 0 Å². The summed E-state index contributed by atoms with van der Waals surface area (Å²) in [6.45, 7) is 2.04. The van der Waals surface area contributed by atoms with Crippen molar-refractivity contribution in [2.24, 2.45) is 0 Å². The fourth-order valence-corrected chi connectivity index (χ4v) is 1.15. The highest BCUT2D eigenvalue weighted by atomic mass is 32.2. The molecule has 1 N–H and O–H groups in total. The number of hydrogen-bond donors (Lipinski definition) is 1. The molecule has 0 radical (unpaired) electrons. The van der Waals surface area contributed by atoms with E-state index in [1.165, 1.54) is 0 Å². The SMILES string of the molecule is CCC(O)CCCOS(C)(=O)=O. The minimum absolute atomic E-state index is 0.163. The Hall–Kier alpha value is -0.130. The van der Waals surface area contributed by atoms with Crippen LogP contribution in [0.15, 0.2) is 0 Å². The van der Waals surface area contributed by atoms with E-state index in [0.29, 0.717) is 19.3 Å². The molecule has 0 aromatic carbocycles. The van der Waals surface area contributed by atoms with Crippen LogP contribution in [0.1, 0.15) is 26.2 Å². The lowest BCUT2D eigenvalue weighted by molar-refractivity contribution is 0.149. The van der Waals surface area contributed by atoms with Crippen LogP contribution in [0.3, 0.4) is 0 Å². The molecule has 0 heterocycles. The van der Waals surface area contributed by atoms with Crippen molar-refractivity contribution in [2.75, 3.05) is 12.9 Å². The van der Waals surface area contributed by atoms with Crippen LogP contribution in [0.4, 0.5) is 0 Å². The molecule has 1 unspecified atom stereocenters. The average molecular weight is 196 g/mol. The van der Waals surface area contributed by atoms with E-state index in [1.54, 1.807) is 0 Å². The van der Waals surface area contributed by atoms with Gasteiger partial charge in [0, 0.05) is 0 Å². The zero-order valence-corrected chi connectivity index (χ0v) is 8.30. The summed E-state index contributed by atoms with van der Waals surface area (Å²) in [6, 6.07) is 0. The van der Waals surface area contributed by atoms with E-state index in [2.05, 4.69) is 4.18 Å². The fourth-order valence-electron chi connectivity index (χ4n) is 0.733. The Morgan fingerprint density at radius 2 is 2.08 bits per heavy atom. The van der Waals surface area contributed by atoms with Gasteiger partial charge in [0.05, 0.1) is 19.0 Å². The highest BCUT2D eigenvalue weighted by Gasteiger charge is 2.03. The summed E-state index contributed by atoms with van der Waals surface area (Å²) in [6.07, 6.45) is 2.53. The van der Waals surface area contributed by atoms with Gasteiger partial charge < -0.3 is 5.11 Å². The highest BCUT2D eigenvalue weighted by molar-refractivity contribution is 7.85. The predicted molar refractivity (Wildman–Crippen MR) is 46.3 cm³/mol. The van der Waals surface area contributed by atoms with Crippen molar-refractivity contribution in [3.8, 4) is 0 Å². The second-order valence-electron chi connectivity index (χ2n) is 2.73. The first-order valence-corrected chi connectivity index (χ1v) is 5.80. The van der Waals surface area contributed by atoms with Crippen molar-refractivity contribution >= 4 is 10.1 Å². The third-order valence-corrected chi connectivity index (χ3v) is 2.05. The molecule has 0 aliphatic carbocycles. The molecule has 0 aromatic heterocycles. The zero-order chi connectivity index (χ0) is 9.61. The van der Waals surface area contributed by atoms with Crippen molar-refractivity contribution in [3.63, 3.8) is 0 Å². The van der Waals surface area contributed by atoms with E-state index < -0.39 is 10.1 Å². The molecule has 0 fully saturated rings. The Morgan fingerprint density at radius 1 is 1.50 bits per heavy atom. The topological polar surface area (TPSA) is 63.6 Å². The second-order valence-corrected chi connectivity index (χ2v) is 4.37. The Kier molecular flexibility index (Phi) is 5.44. The molecular weight excluding hydrogens is 180 g/mol. The molecule has 0 rings (SSSR count). The lowest BCUT2D eigenvalue weighted by Gasteiger charge is -2.06. The second kappa shape index (κ2) is 5.50. The van der Waals surface area contributed by atoms with E-state index in [0.717, 1.165) is 6.26 Å². The van der Waals surface area contributed by atoms with Crippen molar-refractivity contribution in [3.05, 3.63) is 0 Å². The van der Waals surface area contributed by atoms with E-state index >= 15 is 0 Å². The van der Waals surface area contributed by atoms with Gasteiger partial charge in [-0.3, -0.25) is 4.18 Å². The van der Waals surface area contributed by atoms with Gasteiger partial charge in [-0.05, 0) is 19.3 Å². The van der Waals surface area contributed by atoms with Crippen LogP contribution in [-0.2, 0) is 14.3 Å². The van der Waals surface area contributed by atoms with E-state index in [4.69, 9.17) is 5.11 Å². The molecule has 0 aliphatic heterocycles. The maximum Gasteiger partial charge on any atom is 0.264 e. The molecule has 0 saturated heterocycles. The molecule has 12 heavy (non-hydrogen) atoms. The predicted octanol–water partition coefficient (Wildman–Crippen LogP) is 0.514. The summed E-state index contributed by atoms with van der Waals surface area (Å²) in [4.78, 5) is 0. The van der Waals surface area contributed by atoms with E-state index in [1.807, 2.05) is 6.92 Å². The van der Waals surface area contributed by atoms with Crippen LogP contribution in [0.5, 0.6) is 0 Å². The minimum atomic E-state index is -3.31. The summed E-state index contributed by atoms with van der Waals surface area (Å²) >= 11 is 0. The molecule has 0 spiro atoms. The molecular formula is C7H16O4S. The smallest absolute Gasteiger partial charge is 0.264 e. The lowest BCUT2D eigenvalue weighted by Crippen LogP contribution is -2.08. The number of aliphatic hydroxyl groups excluding tert-OH is 1. The van der Waals surface area contributed by atoms with E-state index in [-0.39, 0.29) is 12.7 Å². The molecule has 4 nitrogen and oxygen atoms in total. The molecule has 74 valence electrons. The molecule has 0 saturated carbocycles. The van der Waals surface area contributed by atoms with Gasteiger partial charge in [0.15, 0.2) is 0 Å². The van der Waals surface area contributed by atoms with Crippen molar-refractivity contribution in [1.82, 2.24) is 0 Å². The molecule has 0 bridgehead atoms. The monoisotopic (exact) mass is 196 g/mol. The first-order chi connectivity index (χ1) is 5.45. The fraction of sp³-hybridized carbons (Fsp3) is 1.00. The van der Waals surface area contributed by atoms with Crippen molar-refractivity contribution < 1.29 is 17.7 Å². The van der Waals surface area contributed by atoms with Gasteiger partial charge in [0.2, 0.25) is 0 Å². The van der Waals surface area contributed by atoms with Gasteiger partial charge in [-0.1, -0.05) is 6.92 Å². The van der Waals surface area contributed by atoms with Gasteiger partial charge in [-0.15, -0.1) is 0 Å². The number of aliphatic hydroxyl groups is 1. The number of rotatable bonds is 6. The first-order valence-electron chi connectivity index (χ1n) is 3.98. The first kappa shape index (κ1) is 11.9. The van der Waals surface area contributed by atoms with Crippen molar-refractivity contribution in [2.45, 2.75) is 32.3 Å². The Bertz CT molecular complexity index is 197. The summed E-state index contributed by atoms with van der Waals surface area (Å²) < 4.78 is 25.4. The highest BCUT2D eigenvalue weighted by Crippen LogP contribution is 2.01. The average Bonchev–Trinajstić information content (AvgIpc) is 1.96. The van der Waals surface area contributed by atoms with Crippen LogP contribution >= 0.6 is 0 Å². The maximum absolute atomic E-state index is 10.5. The molecule has 0 aromatic rings. The quantitative estimate of drug-likeness (QED) is 0.496. The largest absolute Gasteiger partial charge is 0.393 e. The minimum Gasteiger partial charge on any atom is -0.393 e. The van der Waals surface area contributed by atoms with Crippen LogP contribution < -0.4 is 0 Å². The van der Waals surface area contributed by atoms with Crippen LogP contribution in [0, 0.1) is 0 Å². The number of hydrogen-bond acceptors (Lipinski definition) is 4. The Labute approximate surface area is 73.7 Å². The summed E-state index contributed by atoms with van der Waals surface area (Å²) in [5.74, 6) is 0.